The van der Waals surface area contributed by atoms with E-state index in [4.69, 9.17) is 33.5 Å². The summed E-state index contributed by atoms with van der Waals surface area (Å²) in [6, 6.07) is 19.4. The molecule has 4 aromatic rings. The Hall–Kier alpha value is -3.88. The lowest BCUT2D eigenvalue weighted by Crippen LogP contribution is -2.30. The van der Waals surface area contributed by atoms with Crippen LogP contribution in [0.2, 0.25) is 5.02 Å². The van der Waals surface area contributed by atoms with E-state index in [0.29, 0.717) is 16.5 Å². The molecule has 2 atom stereocenters. The molecule has 9 heteroatoms. The molecular weight excluding hydrogens is 566 g/mol. The first-order chi connectivity index (χ1) is 19.9. The van der Waals surface area contributed by atoms with Crippen molar-refractivity contribution in [3.8, 4) is 11.4 Å². The van der Waals surface area contributed by atoms with Gasteiger partial charge in [0.05, 0.1) is 30.6 Å². The highest BCUT2D eigenvalue weighted by Gasteiger charge is 2.42. The molecule has 5 rings (SSSR count). The molecular formula is C33H36ClN5O2S. The maximum atomic E-state index is 12.7. The third kappa shape index (κ3) is 5.37. The van der Waals surface area contributed by atoms with Gasteiger partial charge in [0.15, 0.2) is 5.11 Å². The van der Waals surface area contributed by atoms with Crippen LogP contribution in [0.4, 0.5) is 11.4 Å². The topological polar surface area (TPSA) is 71.4 Å². The molecule has 1 fully saturated rings. The molecule has 218 valence electrons. The number of nitrogens with one attached hydrogen (secondary N) is 2. The fraction of sp³-hybridized carbons (Fsp3) is 0.303. The zero-order valence-electron chi connectivity index (χ0n) is 24.9. The minimum atomic E-state index is -0.547. The van der Waals surface area contributed by atoms with E-state index in [-0.39, 0.29) is 18.0 Å². The Labute approximate surface area is 257 Å². The Bertz CT molecular complexity index is 1660. The van der Waals surface area contributed by atoms with Crippen LogP contribution in [0, 0.1) is 26.2 Å². The molecule has 1 aliphatic heterocycles. The van der Waals surface area contributed by atoms with Crippen molar-refractivity contribution in [2.45, 2.75) is 53.6 Å². The molecule has 0 aliphatic carbocycles. The number of methoxy groups -OCH3 is 1. The van der Waals surface area contributed by atoms with Gasteiger partial charge in [0.1, 0.15) is 5.75 Å². The van der Waals surface area contributed by atoms with Crippen LogP contribution in [-0.4, -0.2) is 27.7 Å². The molecule has 1 saturated heterocycles. The number of amides is 1. The van der Waals surface area contributed by atoms with Gasteiger partial charge in [0, 0.05) is 45.5 Å². The van der Waals surface area contributed by atoms with E-state index in [1.807, 2.05) is 76.2 Å². The third-order valence-electron chi connectivity index (χ3n) is 7.76. The van der Waals surface area contributed by atoms with Gasteiger partial charge in [-0.1, -0.05) is 44.5 Å². The number of anilines is 2. The number of halogens is 1. The second-order valence-electron chi connectivity index (χ2n) is 11.6. The van der Waals surface area contributed by atoms with E-state index >= 15 is 0 Å². The predicted molar refractivity (Wildman–Crippen MR) is 174 cm³/mol. The van der Waals surface area contributed by atoms with Gasteiger partial charge in [0.25, 0.3) is 0 Å². The number of rotatable bonds is 6. The largest absolute Gasteiger partial charge is 0.494 e. The summed E-state index contributed by atoms with van der Waals surface area (Å²) in [6.07, 6.45) is 1.80. The SMILES string of the molecule is COc1cc(N2C(=S)N[C@@H](c3ccccn3)[C@@H]2c2cc(C)n(-c3cccc(Cl)c3C)c2C)ccc1NC(=O)C(C)(C)C. The molecule has 42 heavy (non-hydrogen) atoms. The van der Waals surface area contributed by atoms with Gasteiger partial charge in [-0.3, -0.25) is 9.78 Å². The minimum Gasteiger partial charge on any atom is -0.494 e. The first-order valence-electron chi connectivity index (χ1n) is 13.9. The van der Waals surface area contributed by atoms with E-state index in [1.165, 1.54) is 0 Å². The zero-order chi connectivity index (χ0) is 30.3. The molecule has 1 amide bonds. The van der Waals surface area contributed by atoms with Crippen LogP contribution in [0.25, 0.3) is 5.69 Å². The number of thiocarbonyl (C=S) groups is 1. The Morgan fingerprint density at radius 1 is 1.07 bits per heavy atom. The maximum absolute atomic E-state index is 12.7. The third-order valence-corrected chi connectivity index (χ3v) is 8.48. The van der Waals surface area contributed by atoms with Gasteiger partial charge in [-0.15, -0.1) is 0 Å². The summed E-state index contributed by atoms with van der Waals surface area (Å²) in [4.78, 5) is 19.6. The van der Waals surface area contributed by atoms with Crippen molar-refractivity contribution in [3.05, 3.63) is 100 Å². The molecule has 0 unspecified atom stereocenters. The Morgan fingerprint density at radius 3 is 2.50 bits per heavy atom. The summed E-state index contributed by atoms with van der Waals surface area (Å²) in [5, 5.41) is 7.85. The Balaban J connectivity index is 1.64. The maximum Gasteiger partial charge on any atom is 0.229 e. The molecule has 1 aliphatic rings. The van der Waals surface area contributed by atoms with Crippen molar-refractivity contribution >= 4 is 46.2 Å². The van der Waals surface area contributed by atoms with Crippen LogP contribution < -0.4 is 20.3 Å². The number of ether oxygens (including phenoxy) is 1. The lowest BCUT2D eigenvalue weighted by Gasteiger charge is -2.29. The summed E-state index contributed by atoms with van der Waals surface area (Å²) in [6.45, 7) is 11.9. The number of pyridine rings is 1. The standard InChI is InChI=1S/C33H36ClN5O2S/c1-19-17-23(21(3)38(19)27-13-10-11-24(34)20(27)2)30-29(26-12-8-9-16-35-26)37-32(42)39(30)22-14-15-25(28(18-22)41-7)36-31(40)33(4,5)6/h8-18,29-30H,1-7H3,(H,36,40)(H,37,42)/t29-,30-/m0/s1. The number of benzene rings is 2. The molecule has 3 heterocycles. The molecule has 2 aromatic heterocycles. The Kier molecular flexibility index (Phi) is 8.05. The highest BCUT2D eigenvalue weighted by molar-refractivity contribution is 7.80. The van der Waals surface area contributed by atoms with Crippen LogP contribution in [0.15, 0.2) is 66.9 Å². The quantitative estimate of drug-likeness (QED) is 0.222. The molecule has 2 aromatic carbocycles. The summed E-state index contributed by atoms with van der Waals surface area (Å²) >= 11 is 12.5. The predicted octanol–water partition coefficient (Wildman–Crippen LogP) is 7.62. The van der Waals surface area contributed by atoms with E-state index in [1.54, 1.807) is 13.3 Å². The molecule has 0 radical (unpaired) electrons. The van der Waals surface area contributed by atoms with E-state index in [9.17, 15) is 4.79 Å². The van der Waals surface area contributed by atoms with Gasteiger partial charge in [-0.25, -0.2) is 0 Å². The number of hydrogen-bond donors (Lipinski definition) is 2. The summed E-state index contributed by atoms with van der Waals surface area (Å²) < 4.78 is 7.99. The van der Waals surface area contributed by atoms with Gasteiger partial charge >= 0.3 is 0 Å². The van der Waals surface area contributed by atoms with Gasteiger partial charge < -0.3 is 24.8 Å². The number of hydrogen-bond acceptors (Lipinski definition) is 4. The van der Waals surface area contributed by atoms with Crippen LogP contribution >= 0.6 is 23.8 Å². The van der Waals surface area contributed by atoms with Crippen molar-refractivity contribution < 1.29 is 9.53 Å². The number of aryl methyl sites for hydroxylation is 1. The minimum absolute atomic E-state index is 0.0937. The first-order valence-corrected chi connectivity index (χ1v) is 14.7. The molecule has 0 saturated carbocycles. The number of nitrogens with zero attached hydrogens (tertiary/aromatic N) is 3. The van der Waals surface area contributed by atoms with Crippen LogP contribution in [0.5, 0.6) is 5.75 Å². The molecule has 0 bridgehead atoms. The van der Waals surface area contributed by atoms with Crippen LogP contribution in [-0.2, 0) is 4.79 Å². The number of aromatic nitrogens is 2. The number of carbonyl (C=O) groups excluding carboxylic acids is 1. The molecule has 7 nitrogen and oxygen atoms in total. The van der Waals surface area contributed by atoms with Crippen LogP contribution in [0.1, 0.15) is 61.1 Å². The van der Waals surface area contributed by atoms with Crippen molar-refractivity contribution in [3.63, 3.8) is 0 Å². The fourth-order valence-electron chi connectivity index (χ4n) is 5.49. The smallest absolute Gasteiger partial charge is 0.229 e. The monoisotopic (exact) mass is 601 g/mol. The van der Waals surface area contributed by atoms with Crippen molar-refractivity contribution in [2.24, 2.45) is 5.41 Å². The summed E-state index contributed by atoms with van der Waals surface area (Å²) in [5.41, 5.74) is 7.12. The lowest BCUT2D eigenvalue weighted by molar-refractivity contribution is -0.123. The Morgan fingerprint density at radius 2 is 1.83 bits per heavy atom. The van der Waals surface area contributed by atoms with Gasteiger partial charge in [-0.2, -0.15) is 0 Å². The van der Waals surface area contributed by atoms with E-state index in [2.05, 4.69) is 46.1 Å². The summed E-state index contributed by atoms with van der Waals surface area (Å²) in [7, 11) is 1.60. The van der Waals surface area contributed by atoms with Crippen molar-refractivity contribution in [1.82, 2.24) is 14.9 Å². The second-order valence-corrected chi connectivity index (χ2v) is 12.4. The molecule has 2 N–H and O–H groups in total. The fourth-order valence-corrected chi connectivity index (χ4v) is 6.00. The highest BCUT2D eigenvalue weighted by atomic mass is 35.5. The van der Waals surface area contributed by atoms with Crippen molar-refractivity contribution in [1.29, 1.82) is 0 Å². The normalized spacial score (nSPS) is 16.9. The highest BCUT2D eigenvalue weighted by Crippen LogP contribution is 2.45. The van der Waals surface area contributed by atoms with E-state index in [0.717, 1.165) is 44.6 Å². The molecule has 0 spiro atoms. The van der Waals surface area contributed by atoms with Gasteiger partial charge in [0.2, 0.25) is 5.91 Å². The lowest BCUT2D eigenvalue weighted by atomic mass is 9.95. The van der Waals surface area contributed by atoms with Crippen molar-refractivity contribution in [2.75, 3.05) is 17.3 Å². The average molecular weight is 602 g/mol. The second kappa shape index (κ2) is 11.4. The van der Waals surface area contributed by atoms with Gasteiger partial charge in [-0.05, 0) is 86.6 Å². The zero-order valence-corrected chi connectivity index (χ0v) is 26.5. The van der Waals surface area contributed by atoms with E-state index < -0.39 is 5.41 Å². The first kappa shape index (κ1) is 29.6. The number of carbonyl (C=O) groups is 1. The van der Waals surface area contributed by atoms with Crippen LogP contribution in [0.3, 0.4) is 0 Å². The average Bonchev–Trinajstić information content (AvgIpc) is 3.45. The summed E-state index contributed by atoms with van der Waals surface area (Å²) in [5.74, 6) is 0.455.